The Morgan fingerprint density at radius 2 is 1.62 bits per heavy atom. The first-order valence-corrected chi connectivity index (χ1v) is 14.2. The van der Waals surface area contributed by atoms with Crippen molar-refractivity contribution in [3.8, 4) is 0 Å². The molecule has 1 N–H and O–H groups in total. The molecule has 184 valence electrons. The number of halogens is 4. The van der Waals surface area contributed by atoms with E-state index in [0.29, 0.717) is 0 Å². The Labute approximate surface area is 209 Å². The van der Waals surface area contributed by atoms with E-state index in [0.717, 1.165) is 0 Å². The fraction of sp³-hybridized carbons (Fsp3) is 0.889. The Bertz CT molecular complexity index is 760. The van der Waals surface area contributed by atoms with Crippen molar-refractivity contribution in [1.82, 2.24) is 0 Å². The molecule has 0 saturated carbocycles. The van der Waals surface area contributed by atoms with Gasteiger partial charge in [0, 0.05) is 4.91 Å². The predicted octanol–water partition coefficient (Wildman–Crippen LogP) is 6.09. The minimum absolute atomic E-state index is 0.164. The molecular formula is C18H30Cl4N4O5Si. The van der Waals surface area contributed by atoms with Crippen molar-refractivity contribution in [3.63, 3.8) is 0 Å². The molecule has 0 bridgehead atoms. The van der Waals surface area contributed by atoms with Crippen LogP contribution in [0.25, 0.3) is 10.4 Å². The number of esters is 1. The number of azide groups is 1. The molecule has 1 saturated heterocycles. The molecule has 1 aliphatic rings. The van der Waals surface area contributed by atoms with E-state index >= 15 is 0 Å². The zero-order chi connectivity index (χ0) is 25.3. The van der Waals surface area contributed by atoms with Gasteiger partial charge in [-0.05, 0) is 44.4 Å². The smallest absolute Gasteiger partial charge is 0.327 e. The molecule has 14 heteroatoms. The summed E-state index contributed by atoms with van der Waals surface area (Å²) in [5.41, 5.74) is 9.25. The Balaban J connectivity index is 3.44. The molecule has 9 nitrogen and oxygen atoms in total. The van der Waals surface area contributed by atoms with Gasteiger partial charge in [0.05, 0.1) is 12.2 Å². The Morgan fingerprint density at radius 3 is 2.03 bits per heavy atom. The fourth-order valence-electron chi connectivity index (χ4n) is 2.53. The van der Waals surface area contributed by atoms with Gasteiger partial charge in [0.25, 0.3) is 3.79 Å². The van der Waals surface area contributed by atoms with E-state index < -0.39 is 59.5 Å². The summed E-state index contributed by atoms with van der Waals surface area (Å²) in [5.74, 6) is -1.57. The number of rotatable bonds is 6. The van der Waals surface area contributed by atoms with Gasteiger partial charge >= 0.3 is 5.97 Å². The van der Waals surface area contributed by atoms with Crippen LogP contribution in [0.4, 0.5) is 0 Å². The Morgan fingerprint density at radius 1 is 1.09 bits per heavy atom. The minimum Gasteiger partial charge on any atom is -0.454 e. The summed E-state index contributed by atoms with van der Waals surface area (Å²) in [5, 5.41) is 11.6. The first-order chi connectivity index (χ1) is 14.2. The van der Waals surface area contributed by atoms with Gasteiger partial charge in [-0.25, -0.2) is 0 Å². The third kappa shape index (κ3) is 7.53. The van der Waals surface area contributed by atoms with E-state index in [1.54, 1.807) is 6.92 Å². The first kappa shape index (κ1) is 29.6. The largest absolute Gasteiger partial charge is 0.454 e. The number of hydrogen-bond donors (Lipinski definition) is 1. The van der Waals surface area contributed by atoms with Gasteiger partial charge in [0.1, 0.15) is 10.9 Å². The quantitative estimate of drug-likeness (QED) is 0.0624. The summed E-state index contributed by atoms with van der Waals surface area (Å²) in [6.45, 7) is 14.8. The summed E-state index contributed by atoms with van der Waals surface area (Å²) in [6.07, 6.45) is -4.18. The van der Waals surface area contributed by atoms with Gasteiger partial charge in [-0.3, -0.25) is 10.2 Å². The van der Waals surface area contributed by atoms with Gasteiger partial charge in [-0.1, -0.05) is 60.7 Å². The lowest BCUT2D eigenvalue weighted by atomic mass is 9.97. The number of carbonyl (C=O) groups excluding carboxylic acids is 1. The molecule has 1 aliphatic heterocycles. The summed E-state index contributed by atoms with van der Waals surface area (Å²) >= 11 is 23.3. The van der Waals surface area contributed by atoms with E-state index in [9.17, 15) is 10.3 Å². The van der Waals surface area contributed by atoms with Gasteiger partial charge in [-0.15, -0.1) is 11.6 Å². The number of nitrogens with one attached hydrogen (secondary N) is 1. The van der Waals surface area contributed by atoms with Crippen LogP contribution < -0.4 is 0 Å². The highest BCUT2D eigenvalue weighted by Crippen LogP contribution is 2.41. The van der Waals surface area contributed by atoms with Crippen LogP contribution in [0.15, 0.2) is 5.11 Å². The van der Waals surface area contributed by atoms with Crippen molar-refractivity contribution in [2.24, 2.45) is 5.11 Å². The number of alkyl halides is 4. The molecule has 0 aromatic rings. The molecule has 0 spiro atoms. The molecule has 32 heavy (non-hydrogen) atoms. The Kier molecular flexibility index (Phi) is 9.65. The van der Waals surface area contributed by atoms with Crippen molar-refractivity contribution in [2.45, 2.75) is 99.0 Å². The van der Waals surface area contributed by atoms with Gasteiger partial charge in [0.2, 0.25) is 12.2 Å². The highest BCUT2D eigenvalue weighted by Gasteiger charge is 2.53. The molecule has 0 aliphatic carbocycles. The lowest BCUT2D eigenvalue weighted by molar-refractivity contribution is -0.248. The molecule has 1 fully saturated rings. The van der Waals surface area contributed by atoms with Gasteiger partial charge in [0.15, 0.2) is 14.4 Å². The van der Waals surface area contributed by atoms with Crippen molar-refractivity contribution < 1.29 is 23.4 Å². The summed E-state index contributed by atoms with van der Waals surface area (Å²) in [4.78, 5) is 14.1. The van der Waals surface area contributed by atoms with Crippen molar-refractivity contribution in [1.29, 1.82) is 5.41 Å². The second-order valence-corrected chi connectivity index (χ2v) is 17.5. The van der Waals surface area contributed by atoms with E-state index in [2.05, 4.69) is 30.8 Å². The number of carbonyl (C=O) groups is 1. The fourth-order valence-corrected chi connectivity index (χ4v) is 4.08. The van der Waals surface area contributed by atoms with Crippen LogP contribution in [-0.2, 0) is 23.4 Å². The highest BCUT2D eigenvalue weighted by atomic mass is 35.6. The molecule has 3 unspecified atom stereocenters. The first-order valence-electron chi connectivity index (χ1n) is 9.82. The van der Waals surface area contributed by atoms with Crippen LogP contribution in [0.1, 0.15) is 41.5 Å². The molecule has 0 amide bonds. The molecule has 0 aromatic heterocycles. The van der Waals surface area contributed by atoms with Crippen LogP contribution in [-0.4, -0.2) is 59.5 Å². The maximum atomic E-state index is 12.6. The highest BCUT2D eigenvalue weighted by molar-refractivity contribution is 6.76. The summed E-state index contributed by atoms with van der Waals surface area (Å²) in [7, 11) is -2.37. The van der Waals surface area contributed by atoms with Crippen LogP contribution >= 0.6 is 46.4 Å². The molecule has 1 heterocycles. The normalized spacial score (nSPS) is 27.3. The van der Waals surface area contributed by atoms with E-state index in [4.69, 9.17) is 70.4 Å². The summed E-state index contributed by atoms with van der Waals surface area (Å²) < 4.78 is 21.1. The number of nitrogens with zero attached hydrogens (tertiary/aromatic N) is 3. The third-order valence-corrected chi connectivity index (χ3v) is 10.5. The zero-order valence-corrected chi connectivity index (χ0v) is 23.3. The molecule has 0 aromatic carbocycles. The van der Waals surface area contributed by atoms with Crippen molar-refractivity contribution in [3.05, 3.63) is 10.4 Å². The maximum absolute atomic E-state index is 12.6. The Hall–Kier alpha value is -0.453. The average molecular weight is 552 g/mol. The molecular weight excluding hydrogens is 522 g/mol. The lowest BCUT2D eigenvalue weighted by Gasteiger charge is -2.48. The summed E-state index contributed by atoms with van der Waals surface area (Å²) in [6, 6.07) is -1.06. The lowest BCUT2D eigenvalue weighted by Crippen LogP contribution is -2.62. The SMILES string of the molecule is CC1O[C@H](OC(=N)C(Cl)(Cl)Cl)C(OC(=O)C(C)(C)Cl)C(N=[N+]=[N-])[C@@H]1O[Si](C)(C)C(C)(C)C. The van der Waals surface area contributed by atoms with Gasteiger partial charge < -0.3 is 18.6 Å². The van der Waals surface area contributed by atoms with Crippen LogP contribution in [0.2, 0.25) is 18.1 Å². The van der Waals surface area contributed by atoms with Crippen LogP contribution in [0.5, 0.6) is 0 Å². The van der Waals surface area contributed by atoms with E-state index in [-0.39, 0.29) is 5.04 Å². The predicted molar refractivity (Wildman–Crippen MR) is 128 cm³/mol. The minimum atomic E-state index is -2.37. The van der Waals surface area contributed by atoms with Crippen molar-refractivity contribution in [2.75, 3.05) is 0 Å². The van der Waals surface area contributed by atoms with E-state index in [1.165, 1.54) is 13.8 Å². The third-order valence-electron chi connectivity index (χ3n) is 5.39. The molecule has 0 radical (unpaired) electrons. The monoisotopic (exact) mass is 550 g/mol. The van der Waals surface area contributed by atoms with Gasteiger partial charge in [-0.2, -0.15) is 0 Å². The average Bonchev–Trinajstić information content (AvgIpc) is 2.58. The topological polar surface area (TPSA) is 127 Å². The maximum Gasteiger partial charge on any atom is 0.327 e. The standard InChI is InChI=1S/C18H30Cl4N4O5Si/c1-9-11(31-32(7,8)16(2,3)4)10(25-26-24)12(29-15(27)17(5,6)19)13(28-9)30-14(23)18(20,21)22/h9-13,23H,1-8H3/t9?,10?,11-,12?,13-/m1/s1. The van der Waals surface area contributed by atoms with E-state index in [1.807, 2.05) is 13.1 Å². The number of ether oxygens (including phenoxy) is 3. The second kappa shape index (κ2) is 10.4. The number of hydrogen-bond acceptors (Lipinski definition) is 7. The van der Waals surface area contributed by atoms with Crippen LogP contribution in [0.3, 0.4) is 0 Å². The zero-order valence-electron chi connectivity index (χ0n) is 19.3. The second-order valence-electron chi connectivity index (χ2n) is 9.53. The van der Waals surface area contributed by atoms with Crippen molar-refractivity contribution >= 4 is 66.6 Å². The van der Waals surface area contributed by atoms with Crippen LogP contribution in [0, 0.1) is 5.41 Å². The molecule has 1 rings (SSSR count). The molecule has 5 atom stereocenters.